The van der Waals surface area contributed by atoms with E-state index in [0.29, 0.717) is 23.7 Å². The van der Waals surface area contributed by atoms with E-state index in [1.54, 1.807) is 12.4 Å². The van der Waals surface area contributed by atoms with Gasteiger partial charge in [0.15, 0.2) is 0 Å². The van der Waals surface area contributed by atoms with Gasteiger partial charge in [-0.2, -0.15) is 4.98 Å². The van der Waals surface area contributed by atoms with Crippen LogP contribution < -0.4 is 16.2 Å². The normalized spacial score (nSPS) is 29.0. The van der Waals surface area contributed by atoms with Gasteiger partial charge in [-0.05, 0) is 44.0 Å². The predicted octanol–water partition coefficient (Wildman–Crippen LogP) is 0.649. The smallest absolute Gasteiger partial charge is 0.245 e. The van der Waals surface area contributed by atoms with E-state index in [4.69, 9.17) is 4.52 Å². The topological polar surface area (TPSA) is 87.9 Å². The number of rotatable bonds is 3. The third-order valence-corrected chi connectivity index (χ3v) is 4.28. The average molecular weight is 286 g/mol. The molecule has 0 spiro atoms. The Balaban J connectivity index is 1.47. The van der Waals surface area contributed by atoms with E-state index in [2.05, 4.69) is 31.3 Å². The van der Waals surface area contributed by atoms with Gasteiger partial charge in [-0.3, -0.25) is 10.4 Å². The summed E-state index contributed by atoms with van der Waals surface area (Å²) in [7, 11) is 0. The predicted molar refractivity (Wildman–Crippen MR) is 75.9 cm³/mol. The van der Waals surface area contributed by atoms with E-state index in [9.17, 15) is 0 Å². The van der Waals surface area contributed by atoms with Gasteiger partial charge in [0.2, 0.25) is 11.7 Å². The van der Waals surface area contributed by atoms with Gasteiger partial charge in [0.1, 0.15) is 6.04 Å². The molecule has 2 saturated heterocycles. The first-order valence-corrected chi connectivity index (χ1v) is 7.36. The molecule has 2 aromatic heterocycles. The molecule has 2 aliphatic rings. The number of nitrogens with zero attached hydrogens (tertiary/aromatic N) is 3. The SMILES string of the molecule is c1cc(-c2noc(C3CC(C4CCNC4)NN3)n2)ccn1. The molecule has 0 aliphatic carbocycles. The summed E-state index contributed by atoms with van der Waals surface area (Å²) in [6, 6.07) is 4.30. The van der Waals surface area contributed by atoms with E-state index >= 15 is 0 Å². The third kappa shape index (κ3) is 2.55. The quantitative estimate of drug-likeness (QED) is 0.763. The lowest BCUT2D eigenvalue weighted by atomic mass is 9.95. The van der Waals surface area contributed by atoms with E-state index in [1.807, 2.05) is 12.1 Å². The summed E-state index contributed by atoms with van der Waals surface area (Å²) in [5.74, 6) is 1.92. The maximum Gasteiger partial charge on any atom is 0.245 e. The van der Waals surface area contributed by atoms with Gasteiger partial charge < -0.3 is 9.84 Å². The first-order valence-electron chi connectivity index (χ1n) is 7.36. The largest absolute Gasteiger partial charge is 0.337 e. The summed E-state index contributed by atoms with van der Waals surface area (Å²) in [5.41, 5.74) is 7.57. The highest BCUT2D eigenvalue weighted by Gasteiger charge is 2.35. The summed E-state index contributed by atoms with van der Waals surface area (Å²) < 4.78 is 5.41. The van der Waals surface area contributed by atoms with Crippen LogP contribution in [0.1, 0.15) is 24.8 Å². The van der Waals surface area contributed by atoms with Crippen LogP contribution in [-0.2, 0) is 0 Å². The van der Waals surface area contributed by atoms with Crippen LogP contribution in [0.3, 0.4) is 0 Å². The first-order chi connectivity index (χ1) is 10.4. The number of hydrogen-bond acceptors (Lipinski definition) is 7. The Morgan fingerprint density at radius 3 is 2.90 bits per heavy atom. The molecule has 0 amide bonds. The van der Waals surface area contributed by atoms with Gasteiger partial charge in [0.25, 0.3) is 0 Å². The van der Waals surface area contributed by atoms with Crippen LogP contribution in [0.15, 0.2) is 29.0 Å². The summed E-state index contributed by atoms with van der Waals surface area (Å²) >= 11 is 0. The molecule has 3 atom stereocenters. The van der Waals surface area contributed by atoms with Crippen LogP contribution >= 0.6 is 0 Å². The second-order valence-electron chi connectivity index (χ2n) is 5.63. The fourth-order valence-corrected chi connectivity index (χ4v) is 3.07. The molecule has 0 saturated carbocycles. The summed E-state index contributed by atoms with van der Waals surface area (Å²) in [6.07, 6.45) is 5.65. The van der Waals surface area contributed by atoms with Gasteiger partial charge in [-0.15, -0.1) is 0 Å². The lowest BCUT2D eigenvalue weighted by Gasteiger charge is -2.15. The van der Waals surface area contributed by atoms with Crippen molar-refractivity contribution in [3.05, 3.63) is 30.4 Å². The van der Waals surface area contributed by atoms with Gasteiger partial charge in [0, 0.05) is 24.0 Å². The molecule has 3 N–H and O–H groups in total. The molecule has 2 fully saturated rings. The second kappa shape index (κ2) is 5.51. The molecule has 4 heterocycles. The van der Waals surface area contributed by atoms with Crippen LogP contribution in [0.4, 0.5) is 0 Å². The lowest BCUT2D eigenvalue weighted by Crippen LogP contribution is -2.36. The van der Waals surface area contributed by atoms with Crippen LogP contribution in [0.2, 0.25) is 0 Å². The summed E-state index contributed by atoms with van der Waals surface area (Å²) in [5, 5.41) is 7.46. The molecular weight excluding hydrogens is 268 g/mol. The molecule has 110 valence electrons. The van der Waals surface area contributed by atoms with Crippen LogP contribution in [-0.4, -0.2) is 34.3 Å². The number of hydrazine groups is 1. The van der Waals surface area contributed by atoms with Crippen molar-refractivity contribution in [2.24, 2.45) is 5.92 Å². The van der Waals surface area contributed by atoms with Crippen molar-refractivity contribution in [2.45, 2.75) is 24.9 Å². The molecular formula is C14H18N6O. The van der Waals surface area contributed by atoms with Crippen molar-refractivity contribution >= 4 is 0 Å². The zero-order chi connectivity index (χ0) is 14.1. The lowest BCUT2D eigenvalue weighted by molar-refractivity contribution is 0.339. The number of nitrogens with one attached hydrogen (secondary N) is 3. The van der Waals surface area contributed by atoms with Gasteiger partial charge >= 0.3 is 0 Å². The van der Waals surface area contributed by atoms with Crippen LogP contribution in [0.5, 0.6) is 0 Å². The molecule has 21 heavy (non-hydrogen) atoms. The Kier molecular flexibility index (Phi) is 3.38. The third-order valence-electron chi connectivity index (χ3n) is 4.28. The van der Waals surface area contributed by atoms with E-state index in [0.717, 1.165) is 25.1 Å². The molecule has 7 nitrogen and oxygen atoms in total. The van der Waals surface area contributed by atoms with Crippen molar-refractivity contribution in [1.82, 2.24) is 31.3 Å². The summed E-state index contributed by atoms with van der Waals surface area (Å²) in [6.45, 7) is 2.19. The average Bonchev–Trinajstić information content (AvgIpc) is 3.27. The highest BCUT2D eigenvalue weighted by molar-refractivity contribution is 5.52. The Bertz CT molecular complexity index is 595. The number of pyridine rings is 1. The summed E-state index contributed by atoms with van der Waals surface area (Å²) in [4.78, 5) is 8.49. The molecule has 2 aromatic rings. The Labute approximate surface area is 122 Å². The van der Waals surface area contributed by atoms with Crippen LogP contribution in [0.25, 0.3) is 11.4 Å². The fraction of sp³-hybridized carbons (Fsp3) is 0.500. The van der Waals surface area contributed by atoms with Crippen molar-refractivity contribution < 1.29 is 4.52 Å². The Morgan fingerprint density at radius 1 is 1.19 bits per heavy atom. The zero-order valence-corrected chi connectivity index (χ0v) is 11.6. The van der Waals surface area contributed by atoms with E-state index in [-0.39, 0.29) is 6.04 Å². The minimum Gasteiger partial charge on any atom is -0.337 e. The number of hydrogen-bond donors (Lipinski definition) is 3. The monoisotopic (exact) mass is 286 g/mol. The molecule has 3 unspecified atom stereocenters. The van der Waals surface area contributed by atoms with Crippen molar-refractivity contribution in [3.8, 4) is 11.4 Å². The second-order valence-corrected chi connectivity index (χ2v) is 5.63. The van der Waals surface area contributed by atoms with Gasteiger partial charge in [0.05, 0.1) is 0 Å². The number of aromatic nitrogens is 3. The fourth-order valence-electron chi connectivity index (χ4n) is 3.07. The van der Waals surface area contributed by atoms with E-state index < -0.39 is 0 Å². The highest BCUT2D eigenvalue weighted by Crippen LogP contribution is 2.28. The molecule has 2 aliphatic heterocycles. The Hall–Kier alpha value is -1.83. The molecule has 0 radical (unpaired) electrons. The van der Waals surface area contributed by atoms with Crippen molar-refractivity contribution in [1.29, 1.82) is 0 Å². The van der Waals surface area contributed by atoms with Crippen molar-refractivity contribution in [3.63, 3.8) is 0 Å². The van der Waals surface area contributed by atoms with Crippen molar-refractivity contribution in [2.75, 3.05) is 13.1 Å². The standard InChI is InChI=1S/C14H18N6O/c1-4-15-5-2-9(1)13-17-14(21-20-13)12-7-11(18-19-12)10-3-6-16-8-10/h1-2,4-5,10-12,16,18-19H,3,6-8H2. The van der Waals surface area contributed by atoms with E-state index in [1.165, 1.54) is 6.42 Å². The Morgan fingerprint density at radius 2 is 2.10 bits per heavy atom. The molecule has 4 rings (SSSR count). The zero-order valence-electron chi connectivity index (χ0n) is 11.6. The maximum atomic E-state index is 5.41. The minimum atomic E-state index is 0.0821. The molecule has 7 heteroatoms. The van der Waals surface area contributed by atoms with Crippen LogP contribution in [0, 0.1) is 5.92 Å². The first kappa shape index (κ1) is 12.9. The molecule has 0 bridgehead atoms. The van der Waals surface area contributed by atoms with Gasteiger partial charge in [-0.1, -0.05) is 5.16 Å². The highest BCUT2D eigenvalue weighted by atomic mass is 16.5. The minimum absolute atomic E-state index is 0.0821. The van der Waals surface area contributed by atoms with Gasteiger partial charge in [-0.25, -0.2) is 5.43 Å². The molecule has 0 aromatic carbocycles. The maximum absolute atomic E-state index is 5.41.